The normalized spacial score (nSPS) is 16.2. The Morgan fingerprint density at radius 1 is 1.63 bits per heavy atom. The lowest BCUT2D eigenvalue weighted by atomic mass is 10.1. The minimum atomic E-state index is -0.113. The van der Waals surface area contributed by atoms with Crippen molar-refractivity contribution in [1.29, 1.82) is 0 Å². The van der Waals surface area contributed by atoms with Crippen molar-refractivity contribution in [3.05, 3.63) is 27.7 Å². The SMILES string of the molecule is COCc1nc(C(=O)NCC2=CCN(C)CC2)cs1. The number of methoxy groups -OCH3 is 1. The van der Waals surface area contributed by atoms with Crippen LogP contribution >= 0.6 is 11.3 Å². The molecule has 0 aliphatic carbocycles. The molecule has 5 nitrogen and oxygen atoms in total. The van der Waals surface area contributed by atoms with E-state index in [9.17, 15) is 4.79 Å². The number of amides is 1. The summed E-state index contributed by atoms with van der Waals surface area (Å²) in [7, 11) is 3.71. The fourth-order valence-corrected chi connectivity index (χ4v) is 2.61. The van der Waals surface area contributed by atoms with Crippen LogP contribution in [0.25, 0.3) is 0 Å². The van der Waals surface area contributed by atoms with Crippen molar-refractivity contribution < 1.29 is 9.53 Å². The molecule has 1 aromatic heterocycles. The van der Waals surface area contributed by atoms with Gasteiger partial charge in [0.1, 0.15) is 10.7 Å². The van der Waals surface area contributed by atoms with Gasteiger partial charge in [0, 0.05) is 32.1 Å². The summed E-state index contributed by atoms with van der Waals surface area (Å²) >= 11 is 1.45. The van der Waals surface area contributed by atoms with Crippen molar-refractivity contribution >= 4 is 17.2 Å². The maximum Gasteiger partial charge on any atom is 0.271 e. The van der Waals surface area contributed by atoms with E-state index >= 15 is 0 Å². The summed E-state index contributed by atoms with van der Waals surface area (Å²) in [6, 6.07) is 0. The predicted molar refractivity (Wildman–Crippen MR) is 75.4 cm³/mol. The maximum atomic E-state index is 11.9. The number of carbonyl (C=O) groups excluding carboxylic acids is 1. The Kier molecular flexibility index (Phi) is 5.07. The summed E-state index contributed by atoms with van der Waals surface area (Å²) in [6.45, 7) is 3.08. The largest absolute Gasteiger partial charge is 0.378 e. The van der Waals surface area contributed by atoms with E-state index in [-0.39, 0.29) is 5.91 Å². The number of rotatable bonds is 5. The molecular weight excluding hydrogens is 262 g/mol. The van der Waals surface area contributed by atoms with Crippen molar-refractivity contribution in [2.75, 3.05) is 33.8 Å². The molecule has 0 aromatic carbocycles. The number of nitrogens with one attached hydrogen (secondary N) is 1. The summed E-state index contributed by atoms with van der Waals surface area (Å²) in [5.74, 6) is -0.113. The highest BCUT2D eigenvalue weighted by Gasteiger charge is 2.12. The number of hydrogen-bond donors (Lipinski definition) is 1. The average molecular weight is 281 g/mol. The van der Waals surface area contributed by atoms with E-state index in [1.165, 1.54) is 16.9 Å². The highest BCUT2D eigenvalue weighted by atomic mass is 32.1. The van der Waals surface area contributed by atoms with Crippen molar-refractivity contribution in [2.45, 2.75) is 13.0 Å². The second-order valence-electron chi connectivity index (χ2n) is 4.62. The highest BCUT2D eigenvalue weighted by Crippen LogP contribution is 2.11. The van der Waals surface area contributed by atoms with Crippen LogP contribution in [0, 0.1) is 0 Å². The molecule has 1 amide bonds. The second kappa shape index (κ2) is 6.79. The lowest BCUT2D eigenvalue weighted by molar-refractivity contribution is 0.0951. The number of thiazole rings is 1. The quantitative estimate of drug-likeness (QED) is 0.826. The molecule has 19 heavy (non-hydrogen) atoms. The molecule has 104 valence electrons. The second-order valence-corrected chi connectivity index (χ2v) is 5.56. The molecule has 0 fully saturated rings. The molecule has 0 spiro atoms. The number of carbonyl (C=O) groups is 1. The minimum Gasteiger partial charge on any atom is -0.378 e. The first-order chi connectivity index (χ1) is 9.19. The molecule has 1 aromatic rings. The first-order valence-corrected chi connectivity index (χ1v) is 7.15. The fraction of sp³-hybridized carbons (Fsp3) is 0.538. The maximum absolute atomic E-state index is 11.9. The lowest BCUT2D eigenvalue weighted by Crippen LogP contribution is -2.30. The van der Waals surface area contributed by atoms with Gasteiger partial charge < -0.3 is 15.0 Å². The van der Waals surface area contributed by atoms with Gasteiger partial charge in [-0.25, -0.2) is 4.98 Å². The standard InChI is InChI=1S/C13H19N3O2S/c1-16-5-3-10(4-6-16)7-14-13(17)11-9-19-12(15-11)8-18-2/h3,9H,4-8H2,1-2H3,(H,14,17). The molecule has 1 aliphatic heterocycles. The number of ether oxygens (including phenoxy) is 1. The molecule has 0 saturated carbocycles. The van der Waals surface area contributed by atoms with Crippen LogP contribution in [0.3, 0.4) is 0 Å². The molecule has 6 heteroatoms. The van der Waals surface area contributed by atoms with Gasteiger partial charge in [0.15, 0.2) is 0 Å². The number of aromatic nitrogens is 1. The van der Waals surface area contributed by atoms with Crippen LogP contribution in [-0.2, 0) is 11.3 Å². The molecule has 0 saturated heterocycles. The van der Waals surface area contributed by atoms with Crippen molar-refractivity contribution in [2.24, 2.45) is 0 Å². The molecule has 0 atom stereocenters. The fourth-order valence-electron chi connectivity index (χ4n) is 1.86. The zero-order chi connectivity index (χ0) is 13.7. The van der Waals surface area contributed by atoms with Gasteiger partial charge in [0.05, 0.1) is 6.61 Å². The van der Waals surface area contributed by atoms with Crippen LogP contribution in [0.15, 0.2) is 17.0 Å². The van der Waals surface area contributed by atoms with Gasteiger partial charge in [-0.1, -0.05) is 11.6 Å². The summed E-state index contributed by atoms with van der Waals surface area (Å²) in [4.78, 5) is 18.4. The molecule has 2 rings (SSSR count). The van der Waals surface area contributed by atoms with Gasteiger partial charge in [-0.15, -0.1) is 11.3 Å². The first-order valence-electron chi connectivity index (χ1n) is 6.27. The number of likely N-dealkylation sites (N-methyl/N-ethyl adjacent to an activating group) is 1. The van der Waals surface area contributed by atoms with E-state index in [0.717, 1.165) is 24.5 Å². The Morgan fingerprint density at radius 3 is 3.16 bits per heavy atom. The minimum absolute atomic E-state index is 0.113. The summed E-state index contributed by atoms with van der Waals surface area (Å²) in [5, 5.41) is 5.51. The van der Waals surface area contributed by atoms with Crippen LogP contribution in [0.2, 0.25) is 0 Å². The molecule has 0 radical (unpaired) electrons. The topological polar surface area (TPSA) is 54.5 Å². The summed E-state index contributed by atoms with van der Waals surface area (Å²) in [5.41, 5.74) is 1.77. The Labute approximate surface area is 117 Å². The Hall–Kier alpha value is -1.24. The van der Waals surface area contributed by atoms with Crippen molar-refractivity contribution in [3.63, 3.8) is 0 Å². The Balaban J connectivity index is 1.83. The van der Waals surface area contributed by atoms with Gasteiger partial charge in [0.2, 0.25) is 0 Å². The van der Waals surface area contributed by atoms with Crippen LogP contribution in [0.1, 0.15) is 21.9 Å². The zero-order valence-electron chi connectivity index (χ0n) is 11.3. The van der Waals surface area contributed by atoms with Gasteiger partial charge in [0.25, 0.3) is 5.91 Å². The van der Waals surface area contributed by atoms with E-state index in [1.54, 1.807) is 12.5 Å². The first kappa shape index (κ1) is 14.2. The highest BCUT2D eigenvalue weighted by molar-refractivity contribution is 7.09. The molecule has 0 unspecified atom stereocenters. The third kappa shape index (κ3) is 4.12. The van der Waals surface area contributed by atoms with Crippen molar-refractivity contribution in [1.82, 2.24) is 15.2 Å². The molecule has 1 aliphatic rings. The van der Waals surface area contributed by atoms with Crippen LogP contribution in [0.5, 0.6) is 0 Å². The van der Waals surface area contributed by atoms with Crippen LogP contribution in [-0.4, -0.2) is 49.6 Å². The number of hydrogen-bond acceptors (Lipinski definition) is 5. The molecular formula is C13H19N3O2S. The molecule has 0 bridgehead atoms. The lowest BCUT2D eigenvalue weighted by Gasteiger charge is -2.21. The molecule has 2 heterocycles. The van der Waals surface area contributed by atoms with Gasteiger partial charge in [-0.2, -0.15) is 0 Å². The van der Waals surface area contributed by atoms with E-state index in [0.29, 0.717) is 18.8 Å². The third-order valence-corrected chi connectivity index (χ3v) is 3.86. The monoisotopic (exact) mass is 281 g/mol. The average Bonchev–Trinajstić information content (AvgIpc) is 2.87. The van der Waals surface area contributed by atoms with Gasteiger partial charge in [-0.05, 0) is 13.5 Å². The van der Waals surface area contributed by atoms with Gasteiger partial charge in [-0.3, -0.25) is 4.79 Å². The molecule has 1 N–H and O–H groups in total. The predicted octanol–water partition coefficient (Wildman–Crippen LogP) is 1.28. The van der Waals surface area contributed by atoms with Crippen LogP contribution in [0.4, 0.5) is 0 Å². The third-order valence-electron chi connectivity index (χ3n) is 3.03. The Morgan fingerprint density at radius 2 is 2.47 bits per heavy atom. The number of nitrogens with zero attached hydrogens (tertiary/aromatic N) is 2. The van der Waals surface area contributed by atoms with E-state index in [1.807, 2.05) is 0 Å². The van der Waals surface area contributed by atoms with Crippen molar-refractivity contribution in [3.8, 4) is 0 Å². The Bertz CT molecular complexity index is 470. The van der Waals surface area contributed by atoms with E-state index in [2.05, 4.69) is 28.3 Å². The van der Waals surface area contributed by atoms with E-state index < -0.39 is 0 Å². The smallest absolute Gasteiger partial charge is 0.271 e. The van der Waals surface area contributed by atoms with Crippen LogP contribution < -0.4 is 5.32 Å². The zero-order valence-corrected chi connectivity index (χ0v) is 12.1. The summed E-state index contributed by atoms with van der Waals surface area (Å²) in [6.07, 6.45) is 3.20. The van der Waals surface area contributed by atoms with E-state index in [4.69, 9.17) is 4.74 Å². The van der Waals surface area contributed by atoms with Gasteiger partial charge >= 0.3 is 0 Å². The summed E-state index contributed by atoms with van der Waals surface area (Å²) < 4.78 is 4.99.